The molecule has 0 unspecified atom stereocenters. The van der Waals surface area contributed by atoms with E-state index >= 15 is 0 Å². The summed E-state index contributed by atoms with van der Waals surface area (Å²) in [5, 5.41) is 9.92. The molecular formula is C16H23N3O3. The van der Waals surface area contributed by atoms with Gasteiger partial charge in [0.2, 0.25) is 5.88 Å². The Balaban J connectivity index is 1.89. The number of carbonyl (C=O) groups is 1. The Morgan fingerprint density at radius 3 is 2.64 bits per heavy atom. The molecule has 2 heterocycles. The van der Waals surface area contributed by atoms with Crippen LogP contribution in [0.15, 0.2) is 0 Å². The molecule has 0 atom stereocenters. The molecule has 1 fully saturated rings. The van der Waals surface area contributed by atoms with Gasteiger partial charge in [0.05, 0.1) is 17.9 Å². The third-order valence-corrected chi connectivity index (χ3v) is 4.06. The van der Waals surface area contributed by atoms with Gasteiger partial charge in [0.1, 0.15) is 5.60 Å². The van der Waals surface area contributed by atoms with Crippen molar-refractivity contribution in [3.63, 3.8) is 0 Å². The molecule has 120 valence electrons. The number of nitrogen functional groups attached to an aromatic ring is 1. The second kappa shape index (κ2) is 5.04. The number of fused-ring (bicyclic) bond motifs is 1. The fourth-order valence-corrected chi connectivity index (χ4v) is 2.85. The molecule has 1 aromatic rings. The van der Waals surface area contributed by atoms with Crippen molar-refractivity contribution in [3.8, 4) is 5.88 Å². The first-order valence-corrected chi connectivity index (χ1v) is 7.74. The van der Waals surface area contributed by atoms with Crippen LogP contribution in [-0.4, -0.2) is 33.2 Å². The number of rotatable bonds is 1. The summed E-state index contributed by atoms with van der Waals surface area (Å²) in [6.07, 6.45) is 2.47. The van der Waals surface area contributed by atoms with E-state index in [0.29, 0.717) is 31.1 Å². The van der Waals surface area contributed by atoms with E-state index in [1.54, 1.807) is 4.90 Å². The molecule has 1 aliphatic carbocycles. The number of ether oxygens (including phenoxy) is 1. The van der Waals surface area contributed by atoms with Crippen LogP contribution >= 0.6 is 0 Å². The van der Waals surface area contributed by atoms with Gasteiger partial charge in [-0.25, -0.2) is 9.78 Å². The van der Waals surface area contributed by atoms with Crippen molar-refractivity contribution in [1.82, 2.24) is 9.88 Å². The first-order chi connectivity index (χ1) is 10.3. The summed E-state index contributed by atoms with van der Waals surface area (Å²) >= 11 is 0. The number of nitrogens with two attached hydrogens (primary N) is 1. The van der Waals surface area contributed by atoms with Crippen LogP contribution in [0.1, 0.15) is 56.4 Å². The van der Waals surface area contributed by atoms with Gasteiger partial charge in [-0.1, -0.05) is 0 Å². The first kappa shape index (κ1) is 14.9. The fourth-order valence-electron chi connectivity index (χ4n) is 2.85. The van der Waals surface area contributed by atoms with Crippen molar-refractivity contribution >= 4 is 11.8 Å². The minimum Gasteiger partial charge on any atom is -0.492 e. The smallest absolute Gasteiger partial charge is 0.410 e. The Kier molecular flexibility index (Phi) is 3.42. The van der Waals surface area contributed by atoms with E-state index in [-0.39, 0.29) is 12.0 Å². The predicted octanol–water partition coefficient (Wildman–Crippen LogP) is 2.54. The fraction of sp³-hybridized carbons (Fsp3) is 0.625. The van der Waals surface area contributed by atoms with Gasteiger partial charge in [-0.05, 0) is 51.2 Å². The average molecular weight is 305 g/mol. The van der Waals surface area contributed by atoms with Gasteiger partial charge in [-0.3, -0.25) is 0 Å². The highest BCUT2D eigenvalue weighted by Crippen LogP contribution is 2.45. The highest BCUT2D eigenvalue weighted by atomic mass is 16.6. The van der Waals surface area contributed by atoms with Crippen LogP contribution in [0, 0.1) is 0 Å². The molecule has 0 aromatic carbocycles. The molecule has 0 saturated heterocycles. The maximum absolute atomic E-state index is 12.3. The maximum Gasteiger partial charge on any atom is 0.410 e. The number of aromatic hydroxyl groups is 1. The second-order valence-corrected chi connectivity index (χ2v) is 7.12. The van der Waals surface area contributed by atoms with E-state index in [1.165, 1.54) is 0 Å². The Hall–Kier alpha value is -1.98. The highest BCUT2D eigenvalue weighted by Gasteiger charge is 2.34. The van der Waals surface area contributed by atoms with Crippen LogP contribution in [0.3, 0.4) is 0 Å². The van der Waals surface area contributed by atoms with Crippen molar-refractivity contribution < 1.29 is 14.6 Å². The molecule has 0 bridgehead atoms. The summed E-state index contributed by atoms with van der Waals surface area (Å²) in [6.45, 7) is 6.56. The van der Waals surface area contributed by atoms with Gasteiger partial charge < -0.3 is 20.5 Å². The van der Waals surface area contributed by atoms with Crippen molar-refractivity contribution in [2.75, 3.05) is 12.3 Å². The summed E-state index contributed by atoms with van der Waals surface area (Å²) in [7, 11) is 0. The number of hydrogen-bond donors (Lipinski definition) is 2. The molecule has 1 amide bonds. The topological polar surface area (TPSA) is 88.7 Å². The van der Waals surface area contributed by atoms with E-state index in [0.717, 1.165) is 29.7 Å². The zero-order valence-electron chi connectivity index (χ0n) is 13.3. The zero-order chi connectivity index (χ0) is 16.1. The Morgan fingerprint density at radius 1 is 1.36 bits per heavy atom. The SMILES string of the molecule is CC(C)(C)OC(=O)N1CCc2c(N)c(O)nc(C3CC3)c2C1. The molecule has 1 saturated carbocycles. The van der Waals surface area contributed by atoms with Crippen LogP contribution < -0.4 is 5.73 Å². The maximum atomic E-state index is 12.3. The third kappa shape index (κ3) is 2.82. The van der Waals surface area contributed by atoms with E-state index in [1.807, 2.05) is 20.8 Å². The lowest BCUT2D eigenvalue weighted by Gasteiger charge is -2.32. The number of anilines is 1. The van der Waals surface area contributed by atoms with Gasteiger partial charge >= 0.3 is 6.09 Å². The predicted molar refractivity (Wildman–Crippen MR) is 82.6 cm³/mol. The second-order valence-electron chi connectivity index (χ2n) is 7.12. The van der Waals surface area contributed by atoms with Crippen molar-refractivity contribution in [3.05, 3.63) is 16.8 Å². The standard InChI is InChI=1S/C16H23N3O3/c1-16(2,3)22-15(21)19-7-6-10-11(8-19)13(9-4-5-9)18-14(20)12(10)17/h9H,4-8,17H2,1-3H3,(H,18,20). The molecule has 3 rings (SSSR count). The van der Waals surface area contributed by atoms with E-state index in [2.05, 4.69) is 4.98 Å². The molecule has 22 heavy (non-hydrogen) atoms. The van der Waals surface area contributed by atoms with Crippen molar-refractivity contribution in [1.29, 1.82) is 0 Å². The van der Waals surface area contributed by atoms with Gasteiger partial charge in [-0.2, -0.15) is 0 Å². The molecule has 6 heteroatoms. The summed E-state index contributed by atoms with van der Waals surface area (Å²) in [6, 6.07) is 0. The summed E-state index contributed by atoms with van der Waals surface area (Å²) < 4.78 is 5.45. The number of amides is 1. The molecule has 1 aromatic heterocycles. The monoisotopic (exact) mass is 305 g/mol. The Morgan fingerprint density at radius 2 is 2.05 bits per heavy atom. The minimum atomic E-state index is -0.511. The summed E-state index contributed by atoms with van der Waals surface area (Å²) in [5.41, 5.74) is 8.64. The lowest BCUT2D eigenvalue weighted by atomic mass is 9.95. The van der Waals surface area contributed by atoms with Crippen LogP contribution in [0.25, 0.3) is 0 Å². The minimum absolute atomic E-state index is 0.0774. The first-order valence-electron chi connectivity index (χ1n) is 7.74. The molecule has 6 nitrogen and oxygen atoms in total. The van der Waals surface area contributed by atoms with Crippen molar-refractivity contribution in [2.24, 2.45) is 0 Å². The van der Waals surface area contributed by atoms with E-state index < -0.39 is 5.60 Å². The van der Waals surface area contributed by atoms with Crippen LogP contribution in [0.2, 0.25) is 0 Å². The lowest BCUT2D eigenvalue weighted by molar-refractivity contribution is 0.0223. The summed E-state index contributed by atoms with van der Waals surface area (Å²) in [4.78, 5) is 18.2. The Bertz CT molecular complexity index is 618. The molecule has 1 aliphatic heterocycles. The third-order valence-electron chi connectivity index (χ3n) is 4.06. The van der Waals surface area contributed by atoms with Crippen LogP contribution in [0.5, 0.6) is 5.88 Å². The van der Waals surface area contributed by atoms with Gasteiger partial charge in [-0.15, -0.1) is 0 Å². The molecule has 0 radical (unpaired) electrons. The highest BCUT2D eigenvalue weighted by molar-refractivity contribution is 5.70. The number of nitrogens with zero attached hydrogens (tertiary/aromatic N) is 2. The number of pyridine rings is 1. The average Bonchev–Trinajstić information content (AvgIpc) is 3.25. The molecule has 2 aliphatic rings. The number of carbonyl (C=O) groups excluding carboxylic acids is 1. The zero-order valence-corrected chi connectivity index (χ0v) is 13.3. The molecular weight excluding hydrogens is 282 g/mol. The summed E-state index contributed by atoms with van der Waals surface area (Å²) in [5.74, 6) is 0.310. The van der Waals surface area contributed by atoms with Crippen molar-refractivity contribution in [2.45, 2.75) is 58.1 Å². The van der Waals surface area contributed by atoms with Crippen LogP contribution in [-0.2, 0) is 17.7 Å². The van der Waals surface area contributed by atoms with Gasteiger partial charge in [0.25, 0.3) is 0 Å². The number of hydrogen-bond acceptors (Lipinski definition) is 5. The van der Waals surface area contributed by atoms with E-state index in [4.69, 9.17) is 10.5 Å². The Labute approximate surface area is 130 Å². The quantitative estimate of drug-likeness (QED) is 0.832. The van der Waals surface area contributed by atoms with Crippen LogP contribution in [0.4, 0.5) is 10.5 Å². The van der Waals surface area contributed by atoms with E-state index in [9.17, 15) is 9.90 Å². The normalized spacial score (nSPS) is 18.0. The van der Waals surface area contributed by atoms with Gasteiger partial charge in [0.15, 0.2) is 0 Å². The molecule has 0 spiro atoms. The number of aromatic nitrogens is 1. The lowest BCUT2D eigenvalue weighted by Crippen LogP contribution is -2.40. The van der Waals surface area contributed by atoms with Gasteiger partial charge in [0, 0.05) is 12.5 Å². The largest absolute Gasteiger partial charge is 0.492 e. The molecule has 3 N–H and O–H groups in total.